The molecule has 3 unspecified atom stereocenters. The largest absolute Gasteiger partial charge is 0.480 e. The Bertz CT molecular complexity index is 1630. The molecule has 0 saturated heterocycles. The summed E-state index contributed by atoms with van der Waals surface area (Å²) in [5, 5.41) is 15.2. The molecule has 2 aromatic carbocycles. The molecule has 0 radical (unpaired) electrons. The van der Waals surface area contributed by atoms with E-state index in [1.165, 1.54) is 6.92 Å². The summed E-state index contributed by atoms with van der Waals surface area (Å²) >= 11 is 0. The number of hydrogen-bond donors (Lipinski definition) is 5. The van der Waals surface area contributed by atoms with Crippen LogP contribution in [0.2, 0.25) is 0 Å². The van der Waals surface area contributed by atoms with Crippen LogP contribution in [0.5, 0.6) is 0 Å². The molecule has 0 aliphatic rings. The fourth-order valence-corrected chi connectivity index (χ4v) is 4.42. The van der Waals surface area contributed by atoms with E-state index < -0.39 is 53.1 Å². The molecule has 198 valence electrons. The first-order valence-corrected chi connectivity index (χ1v) is 12.2. The summed E-state index contributed by atoms with van der Waals surface area (Å²) in [5.41, 5.74) is 0.453. The molecule has 3 atom stereocenters. The van der Waals surface area contributed by atoms with Crippen LogP contribution in [-0.4, -0.2) is 49.5 Å². The molecule has 38 heavy (non-hydrogen) atoms. The maximum absolute atomic E-state index is 13.8. The van der Waals surface area contributed by atoms with E-state index in [1.807, 2.05) is 24.3 Å². The van der Waals surface area contributed by atoms with E-state index in [1.54, 1.807) is 44.3 Å². The molecule has 0 bridgehead atoms. The zero-order valence-electron chi connectivity index (χ0n) is 21.1. The van der Waals surface area contributed by atoms with Crippen molar-refractivity contribution in [3.05, 3.63) is 81.1 Å². The van der Waals surface area contributed by atoms with Crippen LogP contribution in [-0.2, 0) is 20.8 Å². The minimum atomic E-state index is -1.30. The van der Waals surface area contributed by atoms with Gasteiger partial charge in [-0.2, -0.15) is 0 Å². The van der Waals surface area contributed by atoms with Gasteiger partial charge in [0.05, 0.1) is 10.9 Å². The summed E-state index contributed by atoms with van der Waals surface area (Å²) in [6.45, 7) is 4.70. The van der Waals surface area contributed by atoms with Crippen LogP contribution in [0.1, 0.15) is 32.4 Å². The molecule has 4 aromatic rings. The van der Waals surface area contributed by atoms with Crippen molar-refractivity contribution in [2.45, 2.75) is 45.3 Å². The van der Waals surface area contributed by atoms with Gasteiger partial charge in [-0.3, -0.25) is 19.2 Å². The van der Waals surface area contributed by atoms with Crippen LogP contribution < -0.4 is 21.9 Å². The second-order valence-corrected chi connectivity index (χ2v) is 9.53. The lowest BCUT2D eigenvalue weighted by atomic mass is 10.00. The summed E-state index contributed by atoms with van der Waals surface area (Å²) < 4.78 is 0.870. The summed E-state index contributed by atoms with van der Waals surface area (Å²) in [6, 6.07) is 10.3. The van der Waals surface area contributed by atoms with Crippen molar-refractivity contribution in [3.63, 3.8) is 0 Å². The Balaban J connectivity index is 1.78. The highest BCUT2D eigenvalue weighted by Gasteiger charge is 2.32. The van der Waals surface area contributed by atoms with Crippen LogP contribution in [0.3, 0.4) is 0 Å². The zero-order chi connectivity index (χ0) is 27.6. The molecule has 0 aliphatic heterocycles. The summed E-state index contributed by atoms with van der Waals surface area (Å²) in [4.78, 5) is 70.3. The van der Waals surface area contributed by atoms with Gasteiger partial charge in [0, 0.05) is 23.5 Å². The van der Waals surface area contributed by atoms with Crippen molar-refractivity contribution in [1.29, 1.82) is 0 Å². The van der Waals surface area contributed by atoms with Crippen molar-refractivity contribution in [2.24, 2.45) is 5.92 Å². The third-order valence-corrected chi connectivity index (χ3v) is 6.52. The number of H-pyrrole nitrogens is 2. The van der Waals surface area contributed by atoms with E-state index in [4.69, 9.17) is 5.11 Å². The lowest BCUT2D eigenvalue weighted by Gasteiger charge is -2.26. The number of fused-ring (bicyclic) bond motifs is 2. The number of carboxylic acids is 1. The van der Waals surface area contributed by atoms with Gasteiger partial charge in [0.1, 0.15) is 18.1 Å². The van der Waals surface area contributed by atoms with Gasteiger partial charge in [0.25, 0.3) is 5.56 Å². The van der Waals surface area contributed by atoms with E-state index in [0.29, 0.717) is 11.1 Å². The molecule has 2 aromatic heterocycles. The minimum absolute atomic E-state index is 0.0187. The highest BCUT2D eigenvalue weighted by atomic mass is 16.4. The number of nitrogens with zero attached hydrogens (tertiary/aromatic N) is 1. The smallest absolute Gasteiger partial charge is 0.329 e. The molecule has 0 saturated carbocycles. The minimum Gasteiger partial charge on any atom is -0.480 e. The van der Waals surface area contributed by atoms with Gasteiger partial charge in [-0.15, -0.1) is 0 Å². The van der Waals surface area contributed by atoms with Crippen molar-refractivity contribution in [2.75, 3.05) is 0 Å². The standard InChI is InChI=1S/C27H29N5O6/c1-14(2)22(24(34)29-15(3)26(36)37)31-23(33)21(12-16-13-28-19-10-6-4-8-17(16)19)32-25(35)18-9-5-7-11-20(18)30-27(32)38/h4-11,13-15,21-22,28H,12H2,1-3H3,(H,29,34)(H,30,38)(H,31,33)(H,36,37). The topological polar surface area (TPSA) is 166 Å². The third kappa shape index (κ3) is 5.22. The van der Waals surface area contributed by atoms with Gasteiger partial charge < -0.3 is 25.7 Å². The van der Waals surface area contributed by atoms with E-state index in [-0.39, 0.29) is 11.8 Å². The number of hydrogen-bond acceptors (Lipinski definition) is 5. The van der Waals surface area contributed by atoms with Crippen molar-refractivity contribution in [1.82, 2.24) is 25.2 Å². The van der Waals surface area contributed by atoms with E-state index >= 15 is 0 Å². The number of aromatic amines is 2. The van der Waals surface area contributed by atoms with Gasteiger partial charge >= 0.3 is 11.7 Å². The molecule has 0 spiro atoms. The number of para-hydroxylation sites is 2. The highest BCUT2D eigenvalue weighted by molar-refractivity contribution is 5.92. The fraction of sp³-hybridized carbons (Fsp3) is 0.296. The van der Waals surface area contributed by atoms with Crippen LogP contribution in [0.25, 0.3) is 21.8 Å². The average Bonchev–Trinajstić information content (AvgIpc) is 3.29. The monoisotopic (exact) mass is 519 g/mol. The lowest BCUT2D eigenvalue weighted by molar-refractivity contribution is -0.142. The van der Waals surface area contributed by atoms with E-state index in [0.717, 1.165) is 15.5 Å². The Morgan fingerprint density at radius 1 is 0.895 bits per heavy atom. The zero-order valence-corrected chi connectivity index (χ0v) is 21.1. The van der Waals surface area contributed by atoms with E-state index in [9.17, 15) is 24.0 Å². The van der Waals surface area contributed by atoms with Crippen LogP contribution in [0.4, 0.5) is 0 Å². The van der Waals surface area contributed by atoms with Crippen LogP contribution in [0.15, 0.2) is 64.3 Å². The first-order chi connectivity index (χ1) is 18.1. The molecule has 11 nitrogen and oxygen atoms in total. The number of aromatic nitrogens is 3. The predicted octanol–water partition coefficient (Wildman–Crippen LogP) is 1.69. The number of rotatable bonds is 9. The van der Waals surface area contributed by atoms with Crippen LogP contribution >= 0.6 is 0 Å². The number of carbonyl (C=O) groups is 3. The van der Waals surface area contributed by atoms with Crippen molar-refractivity contribution < 1.29 is 19.5 Å². The molecule has 11 heteroatoms. The van der Waals surface area contributed by atoms with E-state index in [2.05, 4.69) is 20.6 Å². The van der Waals surface area contributed by atoms with Gasteiger partial charge in [0.15, 0.2) is 0 Å². The lowest BCUT2D eigenvalue weighted by Crippen LogP contribution is -2.55. The SMILES string of the molecule is CC(NC(=O)C(NC(=O)C(Cc1c[nH]c2ccccc12)n1c(=O)[nH]c2ccccc2c1=O)C(C)C)C(=O)O. The number of nitrogens with one attached hydrogen (secondary N) is 4. The predicted molar refractivity (Wildman–Crippen MR) is 142 cm³/mol. The molecule has 0 aliphatic carbocycles. The van der Waals surface area contributed by atoms with Gasteiger partial charge in [-0.05, 0) is 36.6 Å². The van der Waals surface area contributed by atoms with Crippen molar-refractivity contribution in [3.8, 4) is 0 Å². The first kappa shape index (κ1) is 26.4. The molecular weight excluding hydrogens is 490 g/mol. The Kier molecular flexibility index (Phi) is 7.47. The summed E-state index contributed by atoms with van der Waals surface area (Å²) in [7, 11) is 0. The van der Waals surface area contributed by atoms with Crippen LogP contribution in [0, 0.1) is 5.92 Å². The molecule has 4 rings (SSSR count). The maximum Gasteiger partial charge on any atom is 0.329 e. The normalized spacial score (nSPS) is 13.8. The first-order valence-electron chi connectivity index (χ1n) is 12.2. The van der Waals surface area contributed by atoms with Gasteiger partial charge in [-0.1, -0.05) is 44.2 Å². The average molecular weight is 520 g/mol. The summed E-state index contributed by atoms with van der Waals surface area (Å²) in [5.74, 6) is -3.05. The Hall–Kier alpha value is -4.67. The Morgan fingerprint density at radius 2 is 1.53 bits per heavy atom. The molecule has 2 heterocycles. The summed E-state index contributed by atoms with van der Waals surface area (Å²) in [6.07, 6.45) is 1.70. The maximum atomic E-state index is 13.8. The number of benzene rings is 2. The number of carboxylic acid groups (broad SMARTS) is 1. The Labute approximate surface area is 216 Å². The Morgan fingerprint density at radius 3 is 2.18 bits per heavy atom. The molecule has 5 N–H and O–H groups in total. The van der Waals surface area contributed by atoms with Crippen molar-refractivity contribution >= 4 is 39.6 Å². The van der Waals surface area contributed by atoms with Gasteiger partial charge in [0.2, 0.25) is 11.8 Å². The molecule has 0 fully saturated rings. The highest BCUT2D eigenvalue weighted by Crippen LogP contribution is 2.23. The number of aliphatic carboxylic acids is 1. The second kappa shape index (κ2) is 10.8. The van der Waals surface area contributed by atoms with Gasteiger partial charge in [-0.25, -0.2) is 9.36 Å². The second-order valence-electron chi connectivity index (χ2n) is 9.53. The fourth-order valence-electron chi connectivity index (χ4n) is 4.42. The molecular formula is C27H29N5O6. The number of carbonyl (C=O) groups excluding carboxylic acids is 2. The molecule has 2 amide bonds. The quantitative estimate of drug-likeness (QED) is 0.226. The third-order valence-electron chi connectivity index (χ3n) is 6.52. The number of amides is 2.